The largest absolute Gasteiger partial charge is 0.481 e. The minimum absolute atomic E-state index is 0.0520. The number of aldehydes is 1. The molecule has 13 heteroatoms. The molecule has 87 heavy (non-hydrogen) atoms. The molecule has 516 valence electrons. The Bertz CT molecular complexity index is 1550. The highest BCUT2D eigenvalue weighted by molar-refractivity contribution is 5.82. The number of ether oxygens (including phenoxy) is 4. The Kier molecular flexibility index (Phi) is 72.3. The first-order valence-electron chi connectivity index (χ1n) is 36.7. The number of carboxylic acids is 1. The van der Waals surface area contributed by atoms with Crippen LogP contribution < -0.4 is 0 Å². The summed E-state index contributed by atoms with van der Waals surface area (Å²) in [6.45, 7) is 29.1. The molecule has 0 aromatic rings. The van der Waals surface area contributed by atoms with E-state index in [-0.39, 0.29) is 79.5 Å². The van der Waals surface area contributed by atoms with Crippen LogP contribution in [0.5, 0.6) is 0 Å². The van der Waals surface area contributed by atoms with E-state index < -0.39 is 5.97 Å². The van der Waals surface area contributed by atoms with Gasteiger partial charge in [0.2, 0.25) is 0 Å². The third-order valence-corrected chi connectivity index (χ3v) is 16.5. The summed E-state index contributed by atoms with van der Waals surface area (Å²) in [5.41, 5.74) is 0. The lowest BCUT2D eigenvalue weighted by Crippen LogP contribution is -2.37. The Hall–Kier alpha value is -3.51. The zero-order valence-corrected chi connectivity index (χ0v) is 59.4. The van der Waals surface area contributed by atoms with E-state index in [1.54, 1.807) is 0 Å². The van der Waals surface area contributed by atoms with E-state index in [0.29, 0.717) is 38.0 Å². The smallest absolute Gasteiger partial charge is 0.410 e. The van der Waals surface area contributed by atoms with Gasteiger partial charge in [-0.25, -0.2) is 4.79 Å². The van der Waals surface area contributed by atoms with Crippen LogP contribution in [0.25, 0.3) is 0 Å². The highest BCUT2D eigenvalue weighted by Gasteiger charge is 2.31. The first-order chi connectivity index (χ1) is 42.1. The number of nitrogens with zero attached hydrogens (tertiary/aromatic N) is 1. The SMILES string of the molecule is CC.CC=O.CCCCCCC(CC)OC(=O)N1CCCC1CC.CCCCCCCCC.CCCCCCCCOC(=O)CC(CC(=O)O)CC(C)CC.CCCCCCCCOC(=O)CC(COC(=O)CCCCCCCC)CC(=O)C1CCC1. The van der Waals surface area contributed by atoms with Gasteiger partial charge in [-0.2, -0.15) is 0 Å². The molecular weight excluding hydrogens is 1090 g/mol. The first-order valence-corrected chi connectivity index (χ1v) is 36.7. The second kappa shape index (κ2) is 70.0. The van der Waals surface area contributed by atoms with Crippen LogP contribution in [0.2, 0.25) is 0 Å². The molecule has 5 atom stereocenters. The fourth-order valence-electron chi connectivity index (χ4n) is 10.5. The molecule has 1 aliphatic heterocycles. The third kappa shape index (κ3) is 61.1. The molecule has 0 radical (unpaired) electrons. The van der Waals surface area contributed by atoms with Crippen molar-refractivity contribution in [3.8, 4) is 0 Å². The molecule has 1 saturated carbocycles. The van der Waals surface area contributed by atoms with Crippen molar-refractivity contribution in [2.24, 2.45) is 23.7 Å². The normalized spacial score (nSPS) is 14.5. The standard InChI is InChI=1S/C27H48O5.C18H34O4.C16H31NO2.C9H20.C2H4O.C2H6/c1-3-5-7-9-11-13-18-26(29)32-22-23(20-25(28)24-16-15-17-24)21-27(30)31-19-14-12-10-8-6-4-2;1-4-6-7-8-9-10-11-22-18(21)14-16(13-17(19)20)12-15(3)5-2;1-4-7-8-9-12-15(6-3)19-16(18)17-13-10-11-14(17)5-2;1-3-5-7-9-8-6-4-2;1-2-3;1-2/h23-24H,3-22H2,1-2H3;15-16H,4-14H2,1-3H3,(H,19,20);14-15H,4-13H2,1-3H3;3-9H2,1-2H3;2H,1H3;1-2H3. The zero-order chi connectivity index (χ0) is 66.0. The number of aliphatic carboxylic acids is 1. The first kappa shape index (κ1) is 89.9. The topological polar surface area (TPSA) is 180 Å². The van der Waals surface area contributed by atoms with Crippen molar-refractivity contribution in [1.29, 1.82) is 0 Å². The van der Waals surface area contributed by atoms with Crippen molar-refractivity contribution in [3.05, 3.63) is 0 Å². The molecule has 2 fully saturated rings. The molecule has 2 aliphatic rings. The van der Waals surface area contributed by atoms with Crippen molar-refractivity contribution in [2.75, 3.05) is 26.4 Å². The molecule has 0 bridgehead atoms. The van der Waals surface area contributed by atoms with Gasteiger partial charge in [-0.1, -0.05) is 256 Å². The number of Topliss-reactive ketones (excluding diaryl/α,β-unsaturated/α-hetero) is 1. The minimum atomic E-state index is -0.836. The second-order valence-electron chi connectivity index (χ2n) is 24.6. The van der Waals surface area contributed by atoms with Gasteiger partial charge >= 0.3 is 30.0 Å². The Morgan fingerprint density at radius 3 is 1.33 bits per heavy atom. The monoisotopic (exact) mass is 1240 g/mol. The molecule has 5 unspecified atom stereocenters. The van der Waals surface area contributed by atoms with Gasteiger partial charge < -0.3 is 33.7 Å². The molecule has 0 aromatic carbocycles. The van der Waals surface area contributed by atoms with Gasteiger partial charge in [0.05, 0.1) is 26.2 Å². The van der Waals surface area contributed by atoms with E-state index in [2.05, 4.69) is 69.2 Å². The molecule has 1 amide bonds. The van der Waals surface area contributed by atoms with Crippen LogP contribution >= 0.6 is 0 Å². The summed E-state index contributed by atoms with van der Waals surface area (Å²) in [6, 6.07) is 0.407. The van der Waals surface area contributed by atoms with Crippen molar-refractivity contribution in [1.82, 2.24) is 4.90 Å². The Morgan fingerprint density at radius 2 is 0.931 bits per heavy atom. The van der Waals surface area contributed by atoms with Crippen LogP contribution in [0.4, 0.5) is 4.79 Å². The van der Waals surface area contributed by atoms with E-state index in [9.17, 15) is 28.8 Å². The number of unbranched alkanes of at least 4 members (excludes halogenated alkanes) is 24. The number of hydrogen-bond acceptors (Lipinski definition) is 11. The number of esters is 3. The summed E-state index contributed by atoms with van der Waals surface area (Å²) in [7, 11) is 0. The molecule has 1 aliphatic carbocycles. The van der Waals surface area contributed by atoms with Gasteiger partial charge in [-0.05, 0) is 95.8 Å². The van der Waals surface area contributed by atoms with E-state index in [0.717, 1.165) is 122 Å². The Balaban J connectivity index is -0.000000549. The van der Waals surface area contributed by atoms with Gasteiger partial charge in [-0.3, -0.25) is 24.0 Å². The maximum Gasteiger partial charge on any atom is 0.410 e. The predicted molar refractivity (Wildman–Crippen MR) is 363 cm³/mol. The van der Waals surface area contributed by atoms with Crippen molar-refractivity contribution < 1.29 is 57.6 Å². The fraction of sp³-hybridized carbons (Fsp3) is 0.905. The van der Waals surface area contributed by atoms with Crippen molar-refractivity contribution in [2.45, 2.75) is 385 Å². The Labute approximate surface area is 537 Å². The highest BCUT2D eigenvalue weighted by atomic mass is 16.6. The zero-order valence-electron chi connectivity index (χ0n) is 59.4. The number of carboxylic acid groups (broad SMARTS) is 1. The lowest BCUT2D eigenvalue weighted by atomic mass is 9.79. The van der Waals surface area contributed by atoms with Crippen LogP contribution in [0.1, 0.15) is 373 Å². The summed E-state index contributed by atoms with van der Waals surface area (Å²) in [4.78, 5) is 82.5. The minimum Gasteiger partial charge on any atom is -0.481 e. The molecule has 1 saturated heterocycles. The molecular formula is C74H143NO12. The number of carbonyl (C=O) groups is 7. The van der Waals surface area contributed by atoms with Crippen LogP contribution in [0.15, 0.2) is 0 Å². The van der Waals surface area contributed by atoms with Gasteiger partial charge in [0, 0.05) is 50.1 Å². The number of rotatable bonds is 49. The summed E-state index contributed by atoms with van der Waals surface area (Å²) in [6.07, 6.45) is 47.5. The maximum atomic E-state index is 12.5. The summed E-state index contributed by atoms with van der Waals surface area (Å²) >= 11 is 0. The van der Waals surface area contributed by atoms with Crippen LogP contribution in [0.3, 0.4) is 0 Å². The van der Waals surface area contributed by atoms with Gasteiger partial charge in [0.1, 0.15) is 18.2 Å². The van der Waals surface area contributed by atoms with Crippen LogP contribution in [-0.2, 0) is 47.7 Å². The molecule has 13 nitrogen and oxygen atoms in total. The van der Waals surface area contributed by atoms with Crippen LogP contribution in [0, 0.1) is 23.7 Å². The highest BCUT2D eigenvalue weighted by Crippen LogP contribution is 2.30. The van der Waals surface area contributed by atoms with E-state index in [1.807, 2.05) is 18.7 Å². The lowest BCUT2D eigenvalue weighted by molar-refractivity contribution is -0.151. The fourth-order valence-corrected chi connectivity index (χ4v) is 10.5. The predicted octanol–water partition coefficient (Wildman–Crippen LogP) is 21.5. The quantitative estimate of drug-likeness (QED) is 0.0264. The molecule has 0 aromatic heterocycles. The average Bonchev–Trinajstić information content (AvgIpc) is 4.12. The molecule has 2 rings (SSSR count). The van der Waals surface area contributed by atoms with Gasteiger partial charge in [-0.15, -0.1) is 0 Å². The number of likely N-dealkylation sites (tertiary alicyclic amines) is 1. The maximum absolute atomic E-state index is 12.5. The summed E-state index contributed by atoms with van der Waals surface area (Å²) < 4.78 is 21.8. The number of ketones is 1. The van der Waals surface area contributed by atoms with Crippen molar-refractivity contribution in [3.63, 3.8) is 0 Å². The third-order valence-electron chi connectivity index (χ3n) is 16.5. The van der Waals surface area contributed by atoms with E-state index in [1.165, 1.54) is 148 Å². The van der Waals surface area contributed by atoms with E-state index in [4.69, 9.17) is 28.8 Å². The molecule has 0 spiro atoms. The summed E-state index contributed by atoms with van der Waals surface area (Å²) in [5.74, 6) is -1.18. The average molecular weight is 1240 g/mol. The summed E-state index contributed by atoms with van der Waals surface area (Å²) in [5, 5.41) is 8.95. The van der Waals surface area contributed by atoms with Gasteiger partial charge in [0.25, 0.3) is 0 Å². The molecule has 1 N–H and O–H groups in total. The number of hydrogen-bond donors (Lipinski definition) is 1. The van der Waals surface area contributed by atoms with Crippen LogP contribution in [-0.4, -0.2) is 90.6 Å². The Morgan fingerprint density at radius 1 is 0.506 bits per heavy atom. The lowest BCUT2D eigenvalue weighted by Gasteiger charge is -2.26. The molecule has 1 heterocycles. The second-order valence-corrected chi connectivity index (χ2v) is 24.6. The number of carbonyl (C=O) groups excluding carboxylic acids is 6. The van der Waals surface area contributed by atoms with Crippen molar-refractivity contribution >= 4 is 42.0 Å². The van der Waals surface area contributed by atoms with Gasteiger partial charge in [0.15, 0.2) is 0 Å². The number of amides is 1. The van der Waals surface area contributed by atoms with E-state index >= 15 is 0 Å².